The van der Waals surface area contributed by atoms with E-state index in [1.165, 1.54) is 11.1 Å². The lowest BCUT2D eigenvalue weighted by Crippen LogP contribution is -2.32. The molecule has 0 aliphatic heterocycles. The molecule has 0 heterocycles. The van der Waals surface area contributed by atoms with Crippen molar-refractivity contribution < 1.29 is 10.0 Å². The van der Waals surface area contributed by atoms with Crippen LogP contribution in [0.2, 0.25) is 0 Å². The fraction of sp³-hybridized carbons (Fsp3) is 0.0769. The third-order valence-electron chi connectivity index (χ3n) is 3.17. The molecule has 78 valence electrons. The van der Waals surface area contributed by atoms with Gasteiger partial charge in [0.15, 0.2) is 0 Å². The van der Waals surface area contributed by atoms with Gasteiger partial charge in [0.05, 0.1) is 0 Å². The molecule has 0 fully saturated rings. The molecule has 2 aromatic carbocycles. The summed E-state index contributed by atoms with van der Waals surface area (Å²) < 4.78 is 0. The van der Waals surface area contributed by atoms with Crippen LogP contribution in [0.5, 0.6) is 0 Å². The molecule has 0 atom stereocenters. The summed E-state index contributed by atoms with van der Waals surface area (Å²) >= 11 is 0. The van der Waals surface area contributed by atoms with Gasteiger partial charge < -0.3 is 10.0 Å². The molecule has 0 spiro atoms. The Morgan fingerprint density at radius 2 is 1.62 bits per heavy atom. The minimum absolute atomic E-state index is 0.619. The molecule has 0 saturated heterocycles. The lowest BCUT2D eigenvalue weighted by Gasteiger charge is -2.06. The highest BCUT2D eigenvalue weighted by Crippen LogP contribution is 2.35. The minimum atomic E-state index is -1.38. The van der Waals surface area contributed by atoms with E-state index in [1.54, 1.807) is 6.07 Å². The van der Waals surface area contributed by atoms with E-state index in [0.717, 1.165) is 17.5 Å². The summed E-state index contributed by atoms with van der Waals surface area (Å²) in [4.78, 5) is 0. The normalized spacial score (nSPS) is 12.1. The third-order valence-corrected chi connectivity index (χ3v) is 3.17. The highest BCUT2D eigenvalue weighted by atomic mass is 16.4. The van der Waals surface area contributed by atoms with Gasteiger partial charge in [-0.15, -0.1) is 0 Å². The van der Waals surface area contributed by atoms with Gasteiger partial charge in [-0.25, -0.2) is 0 Å². The summed E-state index contributed by atoms with van der Waals surface area (Å²) in [6.07, 6.45) is 0.791. The zero-order valence-corrected chi connectivity index (χ0v) is 8.72. The quantitative estimate of drug-likeness (QED) is 0.586. The second kappa shape index (κ2) is 3.47. The molecular formula is C13H11BO2. The van der Waals surface area contributed by atoms with Crippen molar-refractivity contribution in [3.63, 3.8) is 0 Å². The van der Waals surface area contributed by atoms with Crippen LogP contribution in [0.1, 0.15) is 11.1 Å². The molecule has 0 bridgehead atoms. The highest BCUT2D eigenvalue weighted by Gasteiger charge is 2.24. The van der Waals surface area contributed by atoms with Crippen LogP contribution < -0.4 is 5.46 Å². The molecule has 0 unspecified atom stereocenters. The van der Waals surface area contributed by atoms with Crippen LogP contribution in [0.25, 0.3) is 11.1 Å². The predicted molar refractivity (Wildman–Crippen MR) is 64.5 cm³/mol. The van der Waals surface area contributed by atoms with Crippen LogP contribution in [-0.4, -0.2) is 17.2 Å². The first-order valence-electron chi connectivity index (χ1n) is 5.33. The lowest BCUT2D eigenvalue weighted by molar-refractivity contribution is 0.425. The lowest BCUT2D eigenvalue weighted by atomic mass is 9.76. The Bertz CT molecular complexity index is 549. The van der Waals surface area contributed by atoms with E-state index in [1.807, 2.05) is 24.3 Å². The largest absolute Gasteiger partial charge is 0.488 e. The van der Waals surface area contributed by atoms with E-state index in [4.69, 9.17) is 0 Å². The van der Waals surface area contributed by atoms with Crippen LogP contribution in [0.15, 0.2) is 42.5 Å². The van der Waals surface area contributed by atoms with Gasteiger partial charge in [0, 0.05) is 0 Å². The Morgan fingerprint density at radius 3 is 2.44 bits per heavy atom. The SMILES string of the molecule is OB(O)c1cccc2c1Cc1ccccc1-2. The molecule has 2 N–H and O–H groups in total. The maximum absolute atomic E-state index is 9.32. The molecule has 0 radical (unpaired) electrons. The highest BCUT2D eigenvalue weighted by molar-refractivity contribution is 6.59. The molecule has 3 rings (SSSR count). The standard InChI is InChI=1S/C13H11BO2/c15-14(16)13-7-3-6-11-10-5-2-1-4-9(10)8-12(11)13/h1-7,15-16H,8H2. The predicted octanol–water partition coefficient (Wildman–Crippen LogP) is 0.938. The number of hydrogen-bond donors (Lipinski definition) is 2. The molecule has 0 saturated carbocycles. The Hall–Kier alpha value is -1.58. The summed E-state index contributed by atoms with van der Waals surface area (Å²) in [6, 6.07) is 13.9. The average Bonchev–Trinajstić information content (AvgIpc) is 2.67. The van der Waals surface area contributed by atoms with Gasteiger partial charge >= 0.3 is 7.12 Å². The molecular weight excluding hydrogens is 199 g/mol. The zero-order chi connectivity index (χ0) is 11.1. The second-order valence-electron chi connectivity index (χ2n) is 4.08. The number of benzene rings is 2. The molecule has 2 aromatic rings. The molecule has 0 aromatic heterocycles. The molecule has 16 heavy (non-hydrogen) atoms. The van der Waals surface area contributed by atoms with Gasteiger partial charge in [-0.05, 0) is 34.1 Å². The van der Waals surface area contributed by atoms with Crippen molar-refractivity contribution in [3.05, 3.63) is 53.6 Å². The van der Waals surface area contributed by atoms with Gasteiger partial charge in [0.25, 0.3) is 0 Å². The maximum atomic E-state index is 9.32. The van der Waals surface area contributed by atoms with E-state index < -0.39 is 7.12 Å². The molecule has 2 nitrogen and oxygen atoms in total. The van der Waals surface area contributed by atoms with Crippen LogP contribution in [0, 0.1) is 0 Å². The topological polar surface area (TPSA) is 40.5 Å². The molecule has 1 aliphatic rings. The summed E-state index contributed by atoms with van der Waals surface area (Å²) in [5, 5.41) is 18.6. The Labute approximate surface area is 94.3 Å². The summed E-state index contributed by atoms with van der Waals surface area (Å²) in [7, 11) is -1.38. The number of hydrogen-bond acceptors (Lipinski definition) is 2. The first-order chi connectivity index (χ1) is 7.77. The van der Waals surface area contributed by atoms with E-state index in [-0.39, 0.29) is 0 Å². The Morgan fingerprint density at radius 1 is 0.875 bits per heavy atom. The van der Waals surface area contributed by atoms with Crippen molar-refractivity contribution in [2.24, 2.45) is 0 Å². The summed E-state index contributed by atoms with van der Waals surface area (Å²) in [6.45, 7) is 0. The molecule has 0 amide bonds. The fourth-order valence-corrected chi connectivity index (χ4v) is 2.42. The smallest absolute Gasteiger partial charge is 0.423 e. The van der Waals surface area contributed by atoms with E-state index in [2.05, 4.69) is 12.1 Å². The van der Waals surface area contributed by atoms with Gasteiger partial charge in [0.1, 0.15) is 0 Å². The van der Waals surface area contributed by atoms with Crippen molar-refractivity contribution in [1.82, 2.24) is 0 Å². The fourth-order valence-electron chi connectivity index (χ4n) is 2.42. The van der Waals surface area contributed by atoms with Gasteiger partial charge in [0.2, 0.25) is 0 Å². The van der Waals surface area contributed by atoms with E-state index in [9.17, 15) is 10.0 Å². The van der Waals surface area contributed by atoms with Crippen molar-refractivity contribution in [1.29, 1.82) is 0 Å². The van der Waals surface area contributed by atoms with Crippen LogP contribution >= 0.6 is 0 Å². The van der Waals surface area contributed by atoms with Crippen molar-refractivity contribution in [3.8, 4) is 11.1 Å². The van der Waals surface area contributed by atoms with Gasteiger partial charge in [-0.3, -0.25) is 0 Å². The number of fused-ring (bicyclic) bond motifs is 3. The first kappa shape index (κ1) is 9.64. The van der Waals surface area contributed by atoms with E-state index >= 15 is 0 Å². The minimum Gasteiger partial charge on any atom is -0.423 e. The summed E-state index contributed by atoms with van der Waals surface area (Å²) in [5.74, 6) is 0. The second-order valence-corrected chi connectivity index (χ2v) is 4.08. The average molecular weight is 210 g/mol. The van der Waals surface area contributed by atoms with Crippen LogP contribution in [0.4, 0.5) is 0 Å². The Balaban J connectivity index is 2.24. The third kappa shape index (κ3) is 1.29. The van der Waals surface area contributed by atoms with E-state index in [0.29, 0.717) is 5.46 Å². The van der Waals surface area contributed by atoms with Crippen LogP contribution in [-0.2, 0) is 6.42 Å². The van der Waals surface area contributed by atoms with Crippen molar-refractivity contribution in [2.45, 2.75) is 6.42 Å². The first-order valence-corrected chi connectivity index (χ1v) is 5.33. The van der Waals surface area contributed by atoms with Crippen molar-refractivity contribution in [2.75, 3.05) is 0 Å². The molecule has 1 aliphatic carbocycles. The maximum Gasteiger partial charge on any atom is 0.488 e. The Kier molecular flexibility index (Phi) is 2.09. The zero-order valence-electron chi connectivity index (χ0n) is 8.72. The monoisotopic (exact) mass is 210 g/mol. The van der Waals surface area contributed by atoms with Gasteiger partial charge in [-0.1, -0.05) is 42.5 Å². The molecule has 3 heteroatoms. The van der Waals surface area contributed by atoms with Crippen LogP contribution in [0.3, 0.4) is 0 Å². The summed E-state index contributed by atoms with van der Waals surface area (Å²) in [5.41, 5.74) is 5.25. The number of rotatable bonds is 1. The van der Waals surface area contributed by atoms with Crippen molar-refractivity contribution >= 4 is 12.6 Å². The van der Waals surface area contributed by atoms with Gasteiger partial charge in [-0.2, -0.15) is 0 Å².